The van der Waals surface area contributed by atoms with E-state index in [9.17, 15) is 18.0 Å². The first kappa shape index (κ1) is 14.2. The first-order valence-corrected chi connectivity index (χ1v) is 6.34. The molecule has 104 valence electrons. The summed E-state index contributed by atoms with van der Waals surface area (Å²) in [5.41, 5.74) is -1.38. The zero-order chi connectivity index (χ0) is 14.2. The molecule has 1 atom stereocenters. The third-order valence-electron chi connectivity index (χ3n) is 3.22. The van der Waals surface area contributed by atoms with Gasteiger partial charge in [0.2, 0.25) is 0 Å². The second kappa shape index (κ2) is 5.04. The molecule has 0 spiro atoms. The summed E-state index contributed by atoms with van der Waals surface area (Å²) in [6.45, 7) is 1.80. The lowest BCUT2D eigenvalue weighted by molar-refractivity contribution is -0.137. The van der Waals surface area contributed by atoms with Crippen LogP contribution in [0.3, 0.4) is 0 Å². The lowest BCUT2D eigenvalue weighted by Gasteiger charge is -2.16. The van der Waals surface area contributed by atoms with Crippen LogP contribution in [0.2, 0.25) is 5.02 Å². The molecule has 0 radical (unpaired) electrons. The molecule has 1 N–H and O–H groups in total. The van der Waals surface area contributed by atoms with E-state index in [1.54, 1.807) is 6.92 Å². The molecule has 1 aliphatic carbocycles. The molecular formula is C13H13ClF3NO. The van der Waals surface area contributed by atoms with Crippen molar-refractivity contribution in [3.63, 3.8) is 0 Å². The van der Waals surface area contributed by atoms with Crippen LogP contribution in [0, 0.1) is 5.92 Å². The fraction of sp³-hybridized carbons (Fsp3) is 0.462. The zero-order valence-electron chi connectivity index (χ0n) is 10.2. The zero-order valence-corrected chi connectivity index (χ0v) is 11.0. The Labute approximate surface area is 113 Å². The van der Waals surface area contributed by atoms with Crippen LogP contribution in [0.4, 0.5) is 13.2 Å². The van der Waals surface area contributed by atoms with Crippen LogP contribution >= 0.6 is 11.6 Å². The Morgan fingerprint density at radius 1 is 1.42 bits per heavy atom. The predicted octanol–water partition coefficient (Wildman–Crippen LogP) is 3.89. The van der Waals surface area contributed by atoms with Crippen LogP contribution in [0.15, 0.2) is 18.2 Å². The van der Waals surface area contributed by atoms with Crippen LogP contribution in [0.25, 0.3) is 0 Å². The SMILES string of the molecule is CC(NC(=O)c1ccc(Cl)cc1C(F)(F)F)C1CC1. The van der Waals surface area contributed by atoms with E-state index in [1.165, 1.54) is 6.07 Å². The van der Waals surface area contributed by atoms with E-state index in [-0.39, 0.29) is 16.6 Å². The number of halogens is 4. The molecule has 2 nitrogen and oxygen atoms in total. The topological polar surface area (TPSA) is 29.1 Å². The van der Waals surface area contributed by atoms with E-state index in [2.05, 4.69) is 5.32 Å². The maximum absolute atomic E-state index is 12.9. The molecule has 0 aliphatic heterocycles. The Hall–Kier alpha value is -1.23. The molecule has 2 rings (SSSR count). The molecule has 1 fully saturated rings. The first-order chi connectivity index (χ1) is 8.79. The van der Waals surface area contributed by atoms with Crippen molar-refractivity contribution >= 4 is 17.5 Å². The Bertz CT molecular complexity index is 497. The number of hydrogen-bond acceptors (Lipinski definition) is 1. The summed E-state index contributed by atoms with van der Waals surface area (Å²) in [7, 11) is 0. The molecule has 6 heteroatoms. The number of alkyl halides is 3. The van der Waals surface area contributed by atoms with Crippen LogP contribution in [0.5, 0.6) is 0 Å². The number of nitrogens with one attached hydrogen (secondary N) is 1. The van der Waals surface area contributed by atoms with Gasteiger partial charge in [-0.1, -0.05) is 11.6 Å². The highest BCUT2D eigenvalue weighted by atomic mass is 35.5. The highest BCUT2D eigenvalue weighted by Crippen LogP contribution is 2.35. The molecule has 0 aromatic heterocycles. The van der Waals surface area contributed by atoms with Crippen LogP contribution in [0.1, 0.15) is 35.7 Å². The maximum atomic E-state index is 12.9. The fourth-order valence-electron chi connectivity index (χ4n) is 1.95. The minimum Gasteiger partial charge on any atom is -0.349 e. The van der Waals surface area contributed by atoms with Gasteiger partial charge in [-0.15, -0.1) is 0 Å². The monoisotopic (exact) mass is 291 g/mol. The normalized spacial score (nSPS) is 17.1. The summed E-state index contributed by atoms with van der Waals surface area (Å²) in [5.74, 6) is -0.325. The van der Waals surface area contributed by atoms with Gasteiger partial charge in [0, 0.05) is 11.1 Å². The molecule has 1 aromatic rings. The molecule has 1 aromatic carbocycles. The first-order valence-electron chi connectivity index (χ1n) is 5.96. The average molecular weight is 292 g/mol. The van der Waals surface area contributed by atoms with Gasteiger partial charge in [-0.25, -0.2) is 0 Å². The van der Waals surface area contributed by atoms with Gasteiger partial charge in [-0.05, 0) is 43.9 Å². The summed E-state index contributed by atoms with van der Waals surface area (Å²) in [6.07, 6.45) is -2.58. The molecule has 19 heavy (non-hydrogen) atoms. The lowest BCUT2D eigenvalue weighted by Crippen LogP contribution is -2.35. The molecule has 0 bridgehead atoms. The predicted molar refractivity (Wildman–Crippen MR) is 66.1 cm³/mol. The van der Waals surface area contributed by atoms with Crippen molar-refractivity contribution < 1.29 is 18.0 Å². The summed E-state index contributed by atoms with van der Waals surface area (Å²) in [4.78, 5) is 11.9. The molecule has 1 aliphatic rings. The summed E-state index contributed by atoms with van der Waals surface area (Å²) in [6, 6.07) is 3.07. The minimum atomic E-state index is -4.60. The molecular weight excluding hydrogens is 279 g/mol. The van der Waals surface area contributed by atoms with Gasteiger partial charge in [0.05, 0.1) is 11.1 Å². The summed E-state index contributed by atoms with van der Waals surface area (Å²) >= 11 is 5.56. The van der Waals surface area contributed by atoms with Crippen LogP contribution < -0.4 is 5.32 Å². The van der Waals surface area contributed by atoms with Crippen molar-refractivity contribution in [1.82, 2.24) is 5.32 Å². The third-order valence-corrected chi connectivity index (χ3v) is 3.45. The number of hydrogen-bond donors (Lipinski definition) is 1. The van der Waals surface area contributed by atoms with Crippen molar-refractivity contribution in [3.05, 3.63) is 34.3 Å². The number of amides is 1. The van der Waals surface area contributed by atoms with E-state index in [0.29, 0.717) is 5.92 Å². The van der Waals surface area contributed by atoms with Crippen molar-refractivity contribution in [1.29, 1.82) is 0 Å². The number of rotatable bonds is 3. The molecule has 1 amide bonds. The maximum Gasteiger partial charge on any atom is 0.417 e. The van der Waals surface area contributed by atoms with E-state index >= 15 is 0 Å². The fourth-order valence-corrected chi connectivity index (χ4v) is 2.12. The number of carbonyl (C=O) groups excluding carboxylic acids is 1. The van der Waals surface area contributed by atoms with E-state index in [1.807, 2.05) is 0 Å². The standard InChI is InChI=1S/C13H13ClF3NO/c1-7(8-2-3-8)18-12(19)10-5-4-9(14)6-11(10)13(15,16)17/h4-8H,2-3H2,1H3,(H,18,19). The van der Waals surface area contributed by atoms with Crippen molar-refractivity contribution in [2.24, 2.45) is 5.92 Å². The van der Waals surface area contributed by atoms with E-state index < -0.39 is 17.6 Å². The smallest absolute Gasteiger partial charge is 0.349 e. The van der Waals surface area contributed by atoms with Gasteiger partial charge in [0.15, 0.2) is 0 Å². The summed E-state index contributed by atoms with van der Waals surface area (Å²) < 4.78 is 38.6. The Morgan fingerprint density at radius 3 is 2.58 bits per heavy atom. The Balaban J connectivity index is 2.25. The van der Waals surface area contributed by atoms with Gasteiger partial charge in [0.25, 0.3) is 5.91 Å². The molecule has 0 heterocycles. The quantitative estimate of drug-likeness (QED) is 0.899. The third kappa shape index (κ3) is 3.41. The van der Waals surface area contributed by atoms with Crippen LogP contribution in [-0.4, -0.2) is 11.9 Å². The van der Waals surface area contributed by atoms with Crippen molar-refractivity contribution in [2.75, 3.05) is 0 Å². The molecule has 1 saturated carbocycles. The number of benzene rings is 1. The Morgan fingerprint density at radius 2 is 2.05 bits per heavy atom. The van der Waals surface area contributed by atoms with Gasteiger partial charge >= 0.3 is 6.18 Å². The van der Waals surface area contributed by atoms with Gasteiger partial charge < -0.3 is 5.32 Å². The van der Waals surface area contributed by atoms with Gasteiger partial charge in [0.1, 0.15) is 0 Å². The second-order valence-electron chi connectivity index (χ2n) is 4.79. The molecule has 0 saturated heterocycles. The van der Waals surface area contributed by atoms with E-state index in [0.717, 1.165) is 25.0 Å². The largest absolute Gasteiger partial charge is 0.417 e. The highest BCUT2D eigenvalue weighted by Gasteiger charge is 2.36. The summed E-state index contributed by atoms with van der Waals surface area (Å²) in [5, 5.41) is 2.57. The van der Waals surface area contributed by atoms with Gasteiger partial charge in [-0.2, -0.15) is 13.2 Å². The average Bonchev–Trinajstić information content (AvgIpc) is 3.11. The lowest BCUT2D eigenvalue weighted by atomic mass is 10.1. The molecule has 1 unspecified atom stereocenters. The Kier molecular flexibility index (Phi) is 3.76. The van der Waals surface area contributed by atoms with Crippen molar-refractivity contribution in [3.8, 4) is 0 Å². The minimum absolute atomic E-state index is 0.0425. The van der Waals surface area contributed by atoms with E-state index in [4.69, 9.17) is 11.6 Å². The highest BCUT2D eigenvalue weighted by molar-refractivity contribution is 6.30. The van der Waals surface area contributed by atoms with Crippen LogP contribution in [-0.2, 0) is 6.18 Å². The van der Waals surface area contributed by atoms with Crippen molar-refractivity contribution in [2.45, 2.75) is 32.0 Å². The number of carbonyl (C=O) groups is 1. The van der Waals surface area contributed by atoms with Gasteiger partial charge in [-0.3, -0.25) is 4.79 Å². The second-order valence-corrected chi connectivity index (χ2v) is 5.22.